The molecule has 0 radical (unpaired) electrons. The number of carbonyl (C=O) groups is 2. The third kappa shape index (κ3) is 7.42. The van der Waals surface area contributed by atoms with Gasteiger partial charge in [-0.25, -0.2) is 4.79 Å². The van der Waals surface area contributed by atoms with Crippen LogP contribution in [0.5, 0.6) is 0 Å². The van der Waals surface area contributed by atoms with Gasteiger partial charge >= 0.3 is 12.2 Å². The van der Waals surface area contributed by atoms with Crippen LogP contribution in [-0.4, -0.2) is 42.4 Å². The van der Waals surface area contributed by atoms with E-state index in [4.69, 9.17) is 5.11 Å². The van der Waals surface area contributed by atoms with Gasteiger partial charge in [0.2, 0.25) is 0 Å². The summed E-state index contributed by atoms with van der Waals surface area (Å²) >= 11 is 0. The highest BCUT2D eigenvalue weighted by Gasteiger charge is 2.28. The van der Waals surface area contributed by atoms with Crippen LogP contribution in [0.2, 0.25) is 0 Å². The predicted octanol–water partition coefficient (Wildman–Crippen LogP) is 2.57. The maximum absolute atomic E-state index is 12.2. The Labute approximate surface area is 143 Å². The highest BCUT2D eigenvalue weighted by atomic mass is 19.4. The monoisotopic (exact) mass is 361 g/mol. The van der Waals surface area contributed by atoms with Crippen LogP contribution in [0.25, 0.3) is 0 Å². The first kappa shape index (κ1) is 20.8. The molecule has 0 spiro atoms. The zero-order chi connectivity index (χ0) is 19.0. The molecule has 1 aromatic carbocycles. The second-order valence-corrected chi connectivity index (χ2v) is 5.54. The van der Waals surface area contributed by atoms with Crippen molar-refractivity contribution in [1.29, 1.82) is 0 Å². The minimum Gasteiger partial charge on any atom is -0.396 e. The molecule has 0 bridgehead atoms. The molecule has 6 nitrogen and oxygen atoms in total. The minimum atomic E-state index is -4.50. The van der Waals surface area contributed by atoms with Gasteiger partial charge in [-0.3, -0.25) is 4.79 Å². The molecule has 0 aliphatic heterocycles. The van der Waals surface area contributed by atoms with E-state index in [0.717, 1.165) is 0 Å². The van der Waals surface area contributed by atoms with Gasteiger partial charge in [-0.15, -0.1) is 0 Å². The topological polar surface area (TPSA) is 90.5 Å². The number of aliphatic hydroxyl groups is 1. The summed E-state index contributed by atoms with van der Waals surface area (Å²) in [6, 6.07) is 3.50. The Kier molecular flexibility index (Phi) is 7.69. The van der Waals surface area contributed by atoms with E-state index in [9.17, 15) is 22.8 Å². The number of hydrogen-bond donors (Lipinski definition) is 4. The van der Waals surface area contributed by atoms with Crippen LogP contribution in [0.4, 0.5) is 23.7 Å². The van der Waals surface area contributed by atoms with Crippen molar-refractivity contribution < 1.29 is 27.9 Å². The summed E-state index contributed by atoms with van der Waals surface area (Å²) in [5.74, 6) is -0.882. The second kappa shape index (κ2) is 9.26. The summed E-state index contributed by atoms with van der Waals surface area (Å²) in [5.41, 5.74) is 0.973. The molecule has 1 atom stereocenters. The largest absolute Gasteiger partial charge is 0.405 e. The van der Waals surface area contributed by atoms with Crippen molar-refractivity contribution in [2.75, 3.05) is 18.5 Å². The first-order valence-corrected chi connectivity index (χ1v) is 7.80. The summed E-state index contributed by atoms with van der Waals surface area (Å²) in [4.78, 5) is 23.8. The average molecular weight is 361 g/mol. The molecule has 1 rings (SSSR count). The molecule has 0 saturated carbocycles. The van der Waals surface area contributed by atoms with Gasteiger partial charge in [-0.2, -0.15) is 13.2 Å². The molecule has 0 heterocycles. The molecule has 1 aromatic rings. The van der Waals surface area contributed by atoms with E-state index in [2.05, 4.69) is 10.6 Å². The van der Waals surface area contributed by atoms with Crippen molar-refractivity contribution >= 4 is 17.6 Å². The number of rotatable bonds is 7. The Morgan fingerprint density at radius 1 is 1.28 bits per heavy atom. The van der Waals surface area contributed by atoms with Gasteiger partial charge in [0.25, 0.3) is 5.91 Å². The van der Waals surface area contributed by atoms with Gasteiger partial charge in [-0.1, -0.05) is 13.0 Å². The number of hydrogen-bond acceptors (Lipinski definition) is 3. The number of alkyl halides is 3. The molecule has 4 N–H and O–H groups in total. The molecular weight excluding hydrogens is 339 g/mol. The fourth-order valence-corrected chi connectivity index (χ4v) is 2.06. The van der Waals surface area contributed by atoms with Crippen LogP contribution < -0.4 is 16.0 Å². The van der Waals surface area contributed by atoms with Crippen molar-refractivity contribution in [2.24, 2.45) is 0 Å². The summed E-state index contributed by atoms with van der Waals surface area (Å²) in [6.45, 7) is 2.06. The average Bonchev–Trinajstić information content (AvgIpc) is 2.53. The number of aryl methyl sites for hydroxylation is 1. The number of amides is 3. The van der Waals surface area contributed by atoms with Crippen molar-refractivity contribution in [3.63, 3.8) is 0 Å². The van der Waals surface area contributed by atoms with Gasteiger partial charge in [0.15, 0.2) is 0 Å². The second-order valence-electron chi connectivity index (χ2n) is 5.54. The number of halogens is 3. The molecule has 0 aliphatic carbocycles. The van der Waals surface area contributed by atoms with Crippen molar-refractivity contribution in [2.45, 2.75) is 38.9 Å². The maximum Gasteiger partial charge on any atom is 0.405 e. The van der Waals surface area contributed by atoms with E-state index in [0.29, 0.717) is 24.1 Å². The normalized spacial score (nSPS) is 12.4. The number of carbonyl (C=O) groups excluding carboxylic acids is 2. The van der Waals surface area contributed by atoms with Crippen LogP contribution in [0.15, 0.2) is 18.2 Å². The molecule has 0 aliphatic rings. The maximum atomic E-state index is 12.2. The zero-order valence-corrected chi connectivity index (χ0v) is 14.0. The molecule has 3 amide bonds. The predicted molar refractivity (Wildman–Crippen MR) is 87.5 cm³/mol. The lowest BCUT2D eigenvalue weighted by Crippen LogP contribution is -2.38. The Morgan fingerprint density at radius 3 is 2.52 bits per heavy atom. The van der Waals surface area contributed by atoms with Crippen molar-refractivity contribution in [3.8, 4) is 0 Å². The van der Waals surface area contributed by atoms with E-state index < -0.39 is 24.7 Å². The summed E-state index contributed by atoms with van der Waals surface area (Å²) in [7, 11) is 0. The first-order chi connectivity index (χ1) is 11.7. The summed E-state index contributed by atoms with van der Waals surface area (Å²) < 4.78 is 36.5. The van der Waals surface area contributed by atoms with Crippen LogP contribution in [-0.2, 0) is 0 Å². The van der Waals surface area contributed by atoms with Crippen molar-refractivity contribution in [3.05, 3.63) is 29.3 Å². The third-order valence-electron chi connectivity index (χ3n) is 3.50. The third-order valence-corrected chi connectivity index (χ3v) is 3.50. The summed E-state index contributed by atoms with van der Waals surface area (Å²) in [6.07, 6.45) is -3.46. The van der Waals surface area contributed by atoms with E-state index in [-0.39, 0.29) is 18.2 Å². The number of aliphatic hydroxyl groups excluding tert-OH is 1. The Hall–Kier alpha value is -2.29. The lowest BCUT2D eigenvalue weighted by molar-refractivity contribution is -0.123. The lowest BCUT2D eigenvalue weighted by Gasteiger charge is -2.17. The number of anilines is 1. The molecule has 140 valence electrons. The molecule has 9 heteroatoms. The first-order valence-electron chi connectivity index (χ1n) is 7.80. The number of benzene rings is 1. The fraction of sp³-hybridized carbons (Fsp3) is 0.500. The highest BCUT2D eigenvalue weighted by Crippen LogP contribution is 2.18. The molecule has 1 unspecified atom stereocenters. The SMILES string of the molecule is CCC(CCO)NC(=O)Nc1cc(C(=O)NCC(F)(F)F)ccc1C. The number of urea groups is 1. The zero-order valence-electron chi connectivity index (χ0n) is 14.0. The fourth-order valence-electron chi connectivity index (χ4n) is 2.06. The van der Waals surface area contributed by atoms with Gasteiger partial charge < -0.3 is 21.1 Å². The molecular formula is C16H22F3N3O3. The van der Waals surface area contributed by atoms with Crippen LogP contribution in [0, 0.1) is 6.92 Å². The van der Waals surface area contributed by atoms with E-state index in [1.165, 1.54) is 18.2 Å². The van der Waals surface area contributed by atoms with Gasteiger partial charge in [0.1, 0.15) is 6.54 Å². The van der Waals surface area contributed by atoms with E-state index in [1.807, 2.05) is 6.92 Å². The van der Waals surface area contributed by atoms with Crippen LogP contribution in [0.1, 0.15) is 35.7 Å². The van der Waals surface area contributed by atoms with Crippen LogP contribution in [0.3, 0.4) is 0 Å². The molecule has 0 fully saturated rings. The Bertz CT molecular complexity index is 606. The smallest absolute Gasteiger partial charge is 0.396 e. The van der Waals surface area contributed by atoms with E-state index >= 15 is 0 Å². The van der Waals surface area contributed by atoms with Crippen LogP contribution >= 0.6 is 0 Å². The molecule has 25 heavy (non-hydrogen) atoms. The minimum absolute atomic E-state index is 0.00699. The lowest BCUT2D eigenvalue weighted by atomic mass is 10.1. The number of nitrogens with one attached hydrogen (secondary N) is 3. The summed E-state index contributed by atoms with van der Waals surface area (Å²) in [5, 5.41) is 15.9. The van der Waals surface area contributed by atoms with E-state index in [1.54, 1.807) is 12.2 Å². The highest BCUT2D eigenvalue weighted by molar-refractivity contribution is 5.97. The van der Waals surface area contributed by atoms with Gasteiger partial charge in [0, 0.05) is 23.9 Å². The van der Waals surface area contributed by atoms with Gasteiger partial charge in [-0.05, 0) is 37.5 Å². The molecule has 0 saturated heterocycles. The molecule has 0 aromatic heterocycles. The standard InChI is InChI=1S/C16H22F3N3O3/c1-3-12(6-7-23)21-15(25)22-13-8-11(5-4-10(13)2)14(24)20-9-16(17,18)19/h4-5,8,12,23H,3,6-7,9H2,1-2H3,(H,20,24)(H2,21,22,25). The Morgan fingerprint density at radius 2 is 1.96 bits per heavy atom. The quantitative estimate of drug-likeness (QED) is 0.602. The van der Waals surface area contributed by atoms with Gasteiger partial charge in [0.05, 0.1) is 0 Å². The van der Waals surface area contributed by atoms with Crippen molar-refractivity contribution in [1.82, 2.24) is 10.6 Å². The Balaban J connectivity index is 2.77.